The van der Waals surface area contributed by atoms with Crippen molar-refractivity contribution >= 4 is 0 Å². The smallest absolute Gasteiger partial charge is 0.120 e. The first-order valence-electron chi connectivity index (χ1n) is 7.48. The summed E-state index contributed by atoms with van der Waals surface area (Å²) in [6, 6.07) is 7.68. The van der Waals surface area contributed by atoms with E-state index in [1.807, 2.05) is 18.2 Å². The first-order chi connectivity index (χ1) is 8.99. The lowest BCUT2D eigenvalue weighted by Gasteiger charge is -2.24. The highest BCUT2D eigenvalue weighted by atomic mass is 16.3. The molecule has 2 nitrogen and oxygen atoms in total. The highest BCUT2D eigenvalue weighted by Crippen LogP contribution is 2.19. The normalized spacial score (nSPS) is 11.7. The minimum Gasteiger partial charge on any atom is -0.508 e. The molecular formula is C17H29NO. The molecule has 0 aliphatic heterocycles. The molecule has 2 heteroatoms. The van der Waals surface area contributed by atoms with E-state index in [1.165, 1.54) is 12.8 Å². The molecule has 0 saturated carbocycles. The molecule has 0 spiro atoms. The SMILES string of the molecule is CC(C)CCN(CCC(C)C)Cc1ccccc1O. The fourth-order valence-electron chi connectivity index (χ4n) is 2.04. The highest BCUT2D eigenvalue weighted by molar-refractivity contribution is 5.31. The Balaban J connectivity index is 2.59. The average molecular weight is 263 g/mol. The van der Waals surface area contributed by atoms with Gasteiger partial charge in [0.1, 0.15) is 5.75 Å². The van der Waals surface area contributed by atoms with E-state index in [0.29, 0.717) is 5.75 Å². The number of benzene rings is 1. The van der Waals surface area contributed by atoms with Gasteiger partial charge in [-0.05, 0) is 43.8 Å². The zero-order valence-electron chi connectivity index (χ0n) is 12.9. The molecule has 0 bridgehead atoms. The van der Waals surface area contributed by atoms with E-state index in [4.69, 9.17) is 0 Å². The molecule has 0 amide bonds. The fourth-order valence-corrected chi connectivity index (χ4v) is 2.04. The van der Waals surface area contributed by atoms with Gasteiger partial charge in [-0.15, -0.1) is 0 Å². The lowest BCUT2D eigenvalue weighted by molar-refractivity contribution is 0.233. The van der Waals surface area contributed by atoms with E-state index in [0.717, 1.165) is 37.0 Å². The van der Waals surface area contributed by atoms with Crippen LogP contribution in [0.4, 0.5) is 0 Å². The summed E-state index contributed by atoms with van der Waals surface area (Å²) in [5, 5.41) is 9.89. The van der Waals surface area contributed by atoms with Gasteiger partial charge in [0.2, 0.25) is 0 Å². The molecule has 0 radical (unpaired) electrons. The van der Waals surface area contributed by atoms with Crippen molar-refractivity contribution in [2.45, 2.75) is 47.1 Å². The van der Waals surface area contributed by atoms with Gasteiger partial charge in [-0.25, -0.2) is 0 Å². The second-order valence-corrected chi connectivity index (χ2v) is 6.27. The first kappa shape index (κ1) is 16.0. The van der Waals surface area contributed by atoms with Gasteiger partial charge in [-0.3, -0.25) is 4.90 Å². The van der Waals surface area contributed by atoms with Crippen molar-refractivity contribution in [3.63, 3.8) is 0 Å². The van der Waals surface area contributed by atoms with Crippen LogP contribution in [0.25, 0.3) is 0 Å². The van der Waals surface area contributed by atoms with Crippen LogP contribution in [0.3, 0.4) is 0 Å². The molecule has 0 saturated heterocycles. The largest absolute Gasteiger partial charge is 0.508 e. The average Bonchev–Trinajstić information content (AvgIpc) is 2.34. The molecule has 0 aliphatic carbocycles. The number of phenols is 1. The Morgan fingerprint density at radius 1 is 0.947 bits per heavy atom. The van der Waals surface area contributed by atoms with Crippen molar-refractivity contribution in [2.75, 3.05) is 13.1 Å². The Morgan fingerprint density at radius 3 is 1.95 bits per heavy atom. The third kappa shape index (κ3) is 6.63. The standard InChI is InChI=1S/C17H29NO/c1-14(2)9-11-18(12-10-15(3)4)13-16-7-5-6-8-17(16)19/h5-8,14-15,19H,9-13H2,1-4H3. The van der Waals surface area contributed by atoms with E-state index < -0.39 is 0 Å². The molecule has 1 aromatic carbocycles. The van der Waals surface area contributed by atoms with Crippen LogP contribution in [0, 0.1) is 11.8 Å². The molecule has 0 aromatic heterocycles. The van der Waals surface area contributed by atoms with Gasteiger partial charge in [0.15, 0.2) is 0 Å². The van der Waals surface area contributed by atoms with Crippen LogP contribution in [0.2, 0.25) is 0 Å². The number of para-hydroxylation sites is 1. The van der Waals surface area contributed by atoms with Crippen LogP contribution in [0.15, 0.2) is 24.3 Å². The van der Waals surface area contributed by atoms with Crippen LogP contribution >= 0.6 is 0 Å². The number of phenolic OH excluding ortho intramolecular Hbond substituents is 1. The summed E-state index contributed by atoms with van der Waals surface area (Å²) in [4.78, 5) is 2.47. The van der Waals surface area contributed by atoms with Crippen molar-refractivity contribution in [3.05, 3.63) is 29.8 Å². The predicted octanol–water partition coefficient (Wildman–Crippen LogP) is 4.29. The molecule has 0 atom stereocenters. The third-order valence-corrected chi connectivity index (χ3v) is 3.43. The summed E-state index contributed by atoms with van der Waals surface area (Å²) in [5.41, 5.74) is 1.04. The van der Waals surface area contributed by atoms with E-state index in [1.54, 1.807) is 6.07 Å². The second kappa shape index (κ2) is 8.21. The molecule has 1 rings (SSSR count). The van der Waals surface area contributed by atoms with E-state index in [2.05, 4.69) is 32.6 Å². The molecule has 0 heterocycles. The first-order valence-corrected chi connectivity index (χ1v) is 7.48. The van der Waals surface area contributed by atoms with Crippen LogP contribution in [-0.4, -0.2) is 23.1 Å². The van der Waals surface area contributed by atoms with Gasteiger partial charge < -0.3 is 5.11 Å². The molecule has 1 aromatic rings. The summed E-state index contributed by atoms with van der Waals surface area (Å²) in [5.74, 6) is 1.87. The number of nitrogens with zero attached hydrogens (tertiary/aromatic N) is 1. The molecule has 1 N–H and O–H groups in total. The Bertz CT molecular complexity index is 348. The Morgan fingerprint density at radius 2 is 1.47 bits per heavy atom. The summed E-state index contributed by atoms with van der Waals surface area (Å²) < 4.78 is 0. The highest BCUT2D eigenvalue weighted by Gasteiger charge is 2.10. The van der Waals surface area contributed by atoms with Gasteiger partial charge in [0, 0.05) is 12.1 Å². The summed E-state index contributed by atoms with van der Waals surface area (Å²) >= 11 is 0. The quantitative estimate of drug-likeness (QED) is 0.756. The van der Waals surface area contributed by atoms with Gasteiger partial charge in [0.25, 0.3) is 0 Å². The molecule has 108 valence electrons. The van der Waals surface area contributed by atoms with Crippen molar-refractivity contribution in [1.82, 2.24) is 4.90 Å². The molecule has 0 aliphatic rings. The molecule has 19 heavy (non-hydrogen) atoms. The fraction of sp³-hybridized carbons (Fsp3) is 0.647. The van der Waals surface area contributed by atoms with E-state index >= 15 is 0 Å². The Labute approximate surface area is 118 Å². The van der Waals surface area contributed by atoms with Crippen LogP contribution < -0.4 is 0 Å². The lowest BCUT2D eigenvalue weighted by atomic mass is 10.1. The molecule has 0 fully saturated rings. The van der Waals surface area contributed by atoms with E-state index in [-0.39, 0.29) is 0 Å². The van der Waals surface area contributed by atoms with Crippen LogP contribution in [-0.2, 0) is 6.54 Å². The summed E-state index contributed by atoms with van der Waals surface area (Å²) in [7, 11) is 0. The number of aromatic hydroxyl groups is 1. The maximum Gasteiger partial charge on any atom is 0.120 e. The predicted molar refractivity (Wildman–Crippen MR) is 82.3 cm³/mol. The maximum atomic E-state index is 9.89. The van der Waals surface area contributed by atoms with Gasteiger partial charge >= 0.3 is 0 Å². The van der Waals surface area contributed by atoms with Crippen LogP contribution in [0.5, 0.6) is 5.75 Å². The summed E-state index contributed by atoms with van der Waals surface area (Å²) in [6.45, 7) is 12.1. The third-order valence-electron chi connectivity index (χ3n) is 3.43. The second-order valence-electron chi connectivity index (χ2n) is 6.27. The van der Waals surface area contributed by atoms with Crippen molar-refractivity contribution < 1.29 is 5.11 Å². The van der Waals surface area contributed by atoms with Gasteiger partial charge in [0.05, 0.1) is 0 Å². The zero-order valence-corrected chi connectivity index (χ0v) is 12.9. The Hall–Kier alpha value is -1.02. The molecular weight excluding hydrogens is 234 g/mol. The lowest BCUT2D eigenvalue weighted by Crippen LogP contribution is -2.27. The number of rotatable bonds is 8. The van der Waals surface area contributed by atoms with Gasteiger partial charge in [-0.2, -0.15) is 0 Å². The minimum atomic E-state index is 0.418. The topological polar surface area (TPSA) is 23.5 Å². The monoisotopic (exact) mass is 263 g/mol. The minimum absolute atomic E-state index is 0.418. The van der Waals surface area contributed by atoms with Crippen molar-refractivity contribution in [1.29, 1.82) is 0 Å². The molecule has 0 unspecified atom stereocenters. The van der Waals surface area contributed by atoms with E-state index in [9.17, 15) is 5.11 Å². The summed E-state index contributed by atoms with van der Waals surface area (Å²) in [6.07, 6.45) is 2.43. The maximum absolute atomic E-state index is 9.89. The van der Waals surface area contributed by atoms with Gasteiger partial charge in [-0.1, -0.05) is 45.9 Å². The zero-order chi connectivity index (χ0) is 14.3. The number of hydrogen-bond acceptors (Lipinski definition) is 2. The number of hydrogen-bond donors (Lipinski definition) is 1. The van der Waals surface area contributed by atoms with Crippen molar-refractivity contribution in [2.24, 2.45) is 11.8 Å². The van der Waals surface area contributed by atoms with Crippen LogP contribution in [0.1, 0.15) is 46.1 Å². The van der Waals surface area contributed by atoms with Crippen molar-refractivity contribution in [3.8, 4) is 5.75 Å². The Kier molecular flexibility index (Phi) is 6.93.